The van der Waals surface area contributed by atoms with Crippen LogP contribution in [-0.2, 0) is 28.9 Å². The molecule has 0 heterocycles. The number of carboxylic acid groups (broad SMARTS) is 1. The molecule has 1 N–H and O–H groups in total. The van der Waals surface area contributed by atoms with Gasteiger partial charge in [-0.05, 0) is 60.6 Å². The van der Waals surface area contributed by atoms with E-state index in [9.17, 15) is 19.5 Å². The summed E-state index contributed by atoms with van der Waals surface area (Å²) in [5.41, 5.74) is 5.20. The Morgan fingerprint density at radius 3 is 2.29 bits per heavy atom. The van der Waals surface area contributed by atoms with Crippen molar-refractivity contribution in [2.24, 2.45) is 5.92 Å². The zero-order chi connectivity index (χ0) is 20.4. The van der Waals surface area contributed by atoms with E-state index >= 15 is 0 Å². The van der Waals surface area contributed by atoms with Gasteiger partial charge in [0.2, 0.25) is 0 Å². The van der Waals surface area contributed by atoms with Crippen LogP contribution in [0.25, 0.3) is 0 Å². The Bertz CT molecular complexity index is 916. The molecule has 0 aromatic heterocycles. The fraction of sp³-hybridized carbons (Fsp3) is 0.375. The molecule has 146 valence electrons. The van der Waals surface area contributed by atoms with Crippen LogP contribution in [0.2, 0.25) is 0 Å². The molecule has 2 atom stereocenters. The quantitative estimate of drug-likeness (QED) is 0.761. The van der Waals surface area contributed by atoms with Crippen LogP contribution in [0.4, 0.5) is 0 Å². The Kier molecular flexibility index (Phi) is 5.78. The fourth-order valence-corrected chi connectivity index (χ4v) is 4.36. The number of carbonyl (C=O) groups excluding carboxylic acids is 2. The van der Waals surface area contributed by atoms with Crippen LogP contribution in [-0.4, -0.2) is 22.6 Å². The number of rotatable bonds is 6. The van der Waals surface area contributed by atoms with Crippen molar-refractivity contribution in [3.05, 3.63) is 69.8 Å². The number of Topliss-reactive ketones (excluding diaryl/α,β-unsaturated/α-hetero) is 2. The van der Waals surface area contributed by atoms with Gasteiger partial charge in [-0.3, -0.25) is 9.59 Å². The summed E-state index contributed by atoms with van der Waals surface area (Å²) < 4.78 is 0. The summed E-state index contributed by atoms with van der Waals surface area (Å²) in [4.78, 5) is 37.3. The number of ketones is 2. The molecular weight excluding hydrogens is 352 g/mol. The Labute approximate surface area is 165 Å². The maximum atomic E-state index is 13.2. The number of aryl methyl sites for hydroxylation is 3. The van der Waals surface area contributed by atoms with Crippen LogP contribution in [0.5, 0.6) is 0 Å². The van der Waals surface area contributed by atoms with E-state index in [2.05, 4.69) is 26.0 Å². The van der Waals surface area contributed by atoms with E-state index in [-0.39, 0.29) is 23.6 Å². The van der Waals surface area contributed by atoms with Crippen molar-refractivity contribution in [1.29, 1.82) is 0 Å². The van der Waals surface area contributed by atoms with Gasteiger partial charge in [0.15, 0.2) is 5.78 Å². The van der Waals surface area contributed by atoms with E-state index in [0.29, 0.717) is 6.42 Å². The van der Waals surface area contributed by atoms with Crippen molar-refractivity contribution < 1.29 is 19.5 Å². The summed E-state index contributed by atoms with van der Waals surface area (Å²) in [6.45, 7) is 6.14. The van der Waals surface area contributed by atoms with Crippen LogP contribution >= 0.6 is 0 Å². The molecule has 0 spiro atoms. The van der Waals surface area contributed by atoms with Gasteiger partial charge < -0.3 is 5.11 Å². The van der Waals surface area contributed by atoms with Gasteiger partial charge in [0.1, 0.15) is 11.7 Å². The minimum absolute atomic E-state index is 0.0161. The highest BCUT2D eigenvalue weighted by molar-refractivity contribution is 6.15. The molecular formula is C24H26O4. The van der Waals surface area contributed by atoms with E-state index in [1.165, 1.54) is 6.07 Å². The van der Waals surface area contributed by atoms with Gasteiger partial charge in [0.05, 0.1) is 5.56 Å². The maximum absolute atomic E-state index is 13.2. The van der Waals surface area contributed by atoms with Gasteiger partial charge in [-0.15, -0.1) is 0 Å². The molecule has 1 saturated carbocycles. The van der Waals surface area contributed by atoms with Crippen molar-refractivity contribution in [1.82, 2.24) is 0 Å². The van der Waals surface area contributed by atoms with Gasteiger partial charge in [-0.25, -0.2) is 4.79 Å². The lowest BCUT2D eigenvalue weighted by atomic mass is 9.83. The van der Waals surface area contributed by atoms with Crippen LogP contribution in [0.1, 0.15) is 64.4 Å². The molecule has 2 unspecified atom stereocenters. The average molecular weight is 378 g/mol. The zero-order valence-corrected chi connectivity index (χ0v) is 16.6. The second-order valence-corrected chi connectivity index (χ2v) is 7.62. The SMILES string of the molecule is CCc1cc(C)cc(CC)c1C1C(=O)CC(Cc2cccc(C(=O)O)c2)C1=O. The Morgan fingerprint density at radius 1 is 1.07 bits per heavy atom. The maximum Gasteiger partial charge on any atom is 0.335 e. The molecule has 0 bridgehead atoms. The van der Waals surface area contributed by atoms with E-state index in [1.807, 2.05) is 13.0 Å². The highest BCUT2D eigenvalue weighted by Crippen LogP contribution is 2.38. The van der Waals surface area contributed by atoms with Gasteiger partial charge in [0.25, 0.3) is 0 Å². The largest absolute Gasteiger partial charge is 0.478 e. The third-order valence-corrected chi connectivity index (χ3v) is 5.66. The summed E-state index contributed by atoms with van der Waals surface area (Å²) in [5, 5.41) is 9.17. The molecule has 0 aliphatic heterocycles. The van der Waals surface area contributed by atoms with Crippen molar-refractivity contribution in [2.45, 2.75) is 52.4 Å². The number of aromatic carboxylic acids is 1. The molecule has 2 aromatic rings. The molecule has 0 amide bonds. The number of hydrogen-bond acceptors (Lipinski definition) is 3. The third-order valence-electron chi connectivity index (χ3n) is 5.66. The summed E-state index contributed by atoms with van der Waals surface area (Å²) >= 11 is 0. The van der Waals surface area contributed by atoms with Gasteiger partial charge in [-0.2, -0.15) is 0 Å². The smallest absolute Gasteiger partial charge is 0.335 e. The fourth-order valence-electron chi connectivity index (χ4n) is 4.36. The topological polar surface area (TPSA) is 71.4 Å². The first-order chi connectivity index (χ1) is 13.3. The summed E-state index contributed by atoms with van der Waals surface area (Å²) in [5.74, 6) is -2.11. The number of benzene rings is 2. The van der Waals surface area contributed by atoms with E-state index in [1.54, 1.807) is 12.1 Å². The minimum Gasteiger partial charge on any atom is -0.478 e. The van der Waals surface area contributed by atoms with Crippen LogP contribution in [0.15, 0.2) is 36.4 Å². The molecule has 28 heavy (non-hydrogen) atoms. The van der Waals surface area contributed by atoms with Gasteiger partial charge in [-0.1, -0.05) is 43.7 Å². The third kappa shape index (κ3) is 3.77. The number of carboxylic acids is 1. The van der Waals surface area contributed by atoms with Crippen molar-refractivity contribution in [2.75, 3.05) is 0 Å². The molecule has 1 aliphatic rings. The molecule has 1 aliphatic carbocycles. The molecule has 2 aromatic carbocycles. The van der Waals surface area contributed by atoms with Crippen molar-refractivity contribution in [3.63, 3.8) is 0 Å². The Balaban J connectivity index is 1.93. The molecule has 0 radical (unpaired) electrons. The Hall–Kier alpha value is -2.75. The Morgan fingerprint density at radius 2 is 1.71 bits per heavy atom. The summed E-state index contributed by atoms with van der Waals surface area (Å²) in [6, 6.07) is 10.8. The van der Waals surface area contributed by atoms with E-state index in [4.69, 9.17) is 0 Å². The predicted molar refractivity (Wildman–Crippen MR) is 108 cm³/mol. The average Bonchev–Trinajstić information content (AvgIpc) is 2.94. The minimum atomic E-state index is -0.992. The number of hydrogen-bond donors (Lipinski definition) is 1. The molecule has 3 rings (SSSR count). The van der Waals surface area contributed by atoms with E-state index < -0.39 is 17.8 Å². The van der Waals surface area contributed by atoms with Crippen LogP contribution in [0, 0.1) is 12.8 Å². The second-order valence-electron chi connectivity index (χ2n) is 7.62. The van der Waals surface area contributed by atoms with Crippen molar-refractivity contribution in [3.8, 4) is 0 Å². The zero-order valence-electron chi connectivity index (χ0n) is 16.6. The molecule has 0 saturated heterocycles. The summed E-state index contributed by atoms with van der Waals surface area (Å²) in [6.07, 6.45) is 2.19. The first-order valence-electron chi connectivity index (χ1n) is 9.86. The van der Waals surface area contributed by atoms with Crippen molar-refractivity contribution >= 4 is 17.5 Å². The normalized spacial score (nSPS) is 19.2. The highest BCUT2D eigenvalue weighted by atomic mass is 16.4. The summed E-state index contributed by atoms with van der Waals surface area (Å²) in [7, 11) is 0. The van der Waals surface area contributed by atoms with E-state index in [0.717, 1.165) is 40.7 Å². The predicted octanol–water partition coefficient (Wildman–Crippen LogP) is 4.30. The first-order valence-corrected chi connectivity index (χ1v) is 9.86. The molecule has 1 fully saturated rings. The standard InChI is InChI=1S/C24H26O4/c1-4-16-9-14(3)10-17(5-2)21(16)22-20(25)13-19(23(22)26)12-15-7-6-8-18(11-15)24(27)28/h6-11,19,22H,4-5,12-13H2,1-3H3,(H,27,28). The highest BCUT2D eigenvalue weighted by Gasteiger charge is 2.43. The number of carbonyl (C=O) groups is 3. The van der Waals surface area contributed by atoms with Gasteiger partial charge >= 0.3 is 5.97 Å². The lowest BCUT2D eigenvalue weighted by Crippen LogP contribution is -2.20. The monoisotopic (exact) mass is 378 g/mol. The lowest BCUT2D eigenvalue weighted by molar-refractivity contribution is -0.124. The van der Waals surface area contributed by atoms with Crippen LogP contribution in [0.3, 0.4) is 0 Å². The van der Waals surface area contributed by atoms with Gasteiger partial charge in [0, 0.05) is 12.3 Å². The lowest BCUT2D eigenvalue weighted by Gasteiger charge is -2.19. The molecule has 4 nitrogen and oxygen atoms in total. The first kappa shape index (κ1) is 20.0. The molecule has 4 heteroatoms. The second kappa shape index (κ2) is 8.09. The van der Waals surface area contributed by atoms with Crippen LogP contribution < -0.4 is 0 Å².